The van der Waals surface area contributed by atoms with Crippen LogP contribution in [0.25, 0.3) is 0 Å². The van der Waals surface area contributed by atoms with E-state index in [1.165, 1.54) is 0 Å². The fourth-order valence-corrected chi connectivity index (χ4v) is 5.51. The van der Waals surface area contributed by atoms with Crippen LogP contribution in [0, 0.1) is 6.92 Å². The molecule has 4 rings (SSSR count). The lowest BCUT2D eigenvalue weighted by Gasteiger charge is -2.37. The molecule has 1 aromatic carbocycles. The van der Waals surface area contributed by atoms with Crippen LogP contribution in [0.1, 0.15) is 66.0 Å². The molecule has 1 atom stereocenters. The highest BCUT2D eigenvalue weighted by Gasteiger charge is 2.45. The SMILES string of the molecule is Cc1cc(Cl)ccc1C1c2c(cc(Br)n2C(C)C)C(=O)N1C1CCOCC1. The van der Waals surface area contributed by atoms with Gasteiger partial charge in [-0.05, 0) is 78.9 Å². The summed E-state index contributed by atoms with van der Waals surface area (Å²) in [6.45, 7) is 7.79. The Morgan fingerprint density at radius 2 is 1.93 bits per heavy atom. The fraction of sp³-hybridized carbons (Fsp3) is 0.476. The van der Waals surface area contributed by atoms with Gasteiger partial charge in [0.25, 0.3) is 5.91 Å². The lowest BCUT2D eigenvalue weighted by atomic mass is 9.96. The number of hydrogen-bond acceptors (Lipinski definition) is 2. The third-order valence-corrected chi connectivity index (χ3v) is 6.50. The smallest absolute Gasteiger partial charge is 0.256 e. The van der Waals surface area contributed by atoms with E-state index in [0.29, 0.717) is 13.2 Å². The number of halogens is 2. The number of carbonyl (C=O) groups is 1. The Morgan fingerprint density at radius 3 is 2.56 bits per heavy atom. The van der Waals surface area contributed by atoms with Crippen LogP contribution in [0.3, 0.4) is 0 Å². The molecule has 27 heavy (non-hydrogen) atoms. The lowest BCUT2D eigenvalue weighted by molar-refractivity contribution is 0.0241. The number of aryl methyl sites for hydroxylation is 1. The Morgan fingerprint density at radius 1 is 1.22 bits per heavy atom. The fourth-order valence-electron chi connectivity index (χ4n) is 4.45. The van der Waals surface area contributed by atoms with Crippen molar-refractivity contribution in [3.63, 3.8) is 0 Å². The first-order valence-electron chi connectivity index (χ1n) is 9.47. The molecule has 6 heteroatoms. The van der Waals surface area contributed by atoms with Crippen LogP contribution in [0.5, 0.6) is 0 Å². The van der Waals surface area contributed by atoms with Gasteiger partial charge in [0.2, 0.25) is 0 Å². The molecule has 2 aromatic rings. The van der Waals surface area contributed by atoms with Gasteiger partial charge >= 0.3 is 0 Å². The summed E-state index contributed by atoms with van der Waals surface area (Å²) in [7, 11) is 0. The first kappa shape index (κ1) is 19.0. The molecule has 4 nitrogen and oxygen atoms in total. The molecular formula is C21H24BrClN2O2. The lowest BCUT2D eigenvalue weighted by Crippen LogP contribution is -2.42. The van der Waals surface area contributed by atoms with E-state index in [9.17, 15) is 4.79 Å². The molecule has 1 saturated heterocycles. The zero-order chi connectivity index (χ0) is 19.3. The van der Waals surface area contributed by atoms with Crippen LogP contribution in [0.4, 0.5) is 0 Å². The average Bonchev–Trinajstić information content (AvgIpc) is 3.09. The maximum Gasteiger partial charge on any atom is 0.256 e. The largest absolute Gasteiger partial charge is 0.381 e. The summed E-state index contributed by atoms with van der Waals surface area (Å²) in [5, 5.41) is 0.721. The van der Waals surface area contributed by atoms with Crippen LogP contribution in [0.2, 0.25) is 5.02 Å². The highest BCUT2D eigenvalue weighted by atomic mass is 79.9. The summed E-state index contributed by atoms with van der Waals surface area (Å²) in [6.07, 6.45) is 1.75. The molecule has 1 fully saturated rings. The number of amides is 1. The Kier molecular flexibility index (Phi) is 5.12. The van der Waals surface area contributed by atoms with Gasteiger partial charge in [-0.2, -0.15) is 0 Å². The second-order valence-electron chi connectivity index (χ2n) is 7.69. The second-order valence-corrected chi connectivity index (χ2v) is 8.94. The summed E-state index contributed by atoms with van der Waals surface area (Å²) in [5.74, 6) is 0.122. The topological polar surface area (TPSA) is 34.5 Å². The molecule has 2 aliphatic rings. The molecule has 0 radical (unpaired) electrons. The number of nitrogens with zero attached hydrogens (tertiary/aromatic N) is 2. The van der Waals surface area contributed by atoms with E-state index < -0.39 is 0 Å². The van der Waals surface area contributed by atoms with E-state index in [4.69, 9.17) is 16.3 Å². The van der Waals surface area contributed by atoms with Crippen molar-refractivity contribution in [3.05, 3.63) is 56.3 Å². The van der Waals surface area contributed by atoms with E-state index in [1.807, 2.05) is 18.2 Å². The first-order valence-corrected chi connectivity index (χ1v) is 10.6. The van der Waals surface area contributed by atoms with Gasteiger partial charge in [-0.1, -0.05) is 17.7 Å². The number of carbonyl (C=O) groups excluding carboxylic acids is 1. The molecule has 0 aliphatic carbocycles. The quantitative estimate of drug-likeness (QED) is 0.616. The Hall–Kier alpha value is -1.30. The number of ether oxygens (including phenoxy) is 1. The predicted molar refractivity (Wildman–Crippen MR) is 111 cm³/mol. The molecule has 144 valence electrons. The summed E-state index contributed by atoms with van der Waals surface area (Å²) in [4.78, 5) is 15.6. The summed E-state index contributed by atoms with van der Waals surface area (Å²) >= 11 is 9.88. The van der Waals surface area contributed by atoms with Gasteiger partial charge in [-0.3, -0.25) is 4.79 Å². The van der Waals surface area contributed by atoms with E-state index in [0.717, 1.165) is 44.9 Å². The van der Waals surface area contributed by atoms with Gasteiger partial charge in [0.05, 0.1) is 21.9 Å². The molecule has 0 N–H and O–H groups in total. The van der Waals surface area contributed by atoms with Gasteiger partial charge in [-0.15, -0.1) is 0 Å². The molecule has 0 spiro atoms. The van der Waals surface area contributed by atoms with Crippen LogP contribution in [-0.2, 0) is 4.74 Å². The minimum Gasteiger partial charge on any atom is -0.381 e. The van der Waals surface area contributed by atoms with Crippen molar-refractivity contribution in [1.82, 2.24) is 9.47 Å². The van der Waals surface area contributed by atoms with Crippen molar-refractivity contribution < 1.29 is 9.53 Å². The predicted octanol–water partition coefficient (Wildman–Crippen LogP) is 5.52. The van der Waals surface area contributed by atoms with Crippen molar-refractivity contribution in [2.24, 2.45) is 0 Å². The van der Waals surface area contributed by atoms with Crippen molar-refractivity contribution in [3.8, 4) is 0 Å². The Labute approximate surface area is 173 Å². The standard InChI is InChI=1S/C21H24BrClN2O2/c1-12(2)24-18(22)11-17-20(24)19(16-5-4-14(23)10-13(16)3)25(21(17)26)15-6-8-27-9-7-15/h4-5,10-12,15,19H,6-9H2,1-3H3. The highest BCUT2D eigenvalue weighted by Crippen LogP contribution is 2.46. The van der Waals surface area contributed by atoms with E-state index >= 15 is 0 Å². The number of aromatic nitrogens is 1. The summed E-state index contributed by atoms with van der Waals surface area (Å²) in [6, 6.07) is 8.31. The molecule has 1 aromatic heterocycles. The Bertz CT molecular complexity index is 887. The summed E-state index contributed by atoms with van der Waals surface area (Å²) in [5.41, 5.74) is 4.14. The zero-order valence-corrected chi connectivity index (χ0v) is 18.2. The maximum absolute atomic E-state index is 13.5. The number of rotatable bonds is 3. The molecule has 1 unspecified atom stereocenters. The molecule has 0 saturated carbocycles. The van der Waals surface area contributed by atoms with Crippen LogP contribution in [0.15, 0.2) is 28.9 Å². The van der Waals surface area contributed by atoms with Crippen molar-refractivity contribution >= 4 is 33.4 Å². The molecule has 3 heterocycles. The molecule has 1 amide bonds. The van der Waals surface area contributed by atoms with Crippen LogP contribution >= 0.6 is 27.5 Å². The second kappa shape index (κ2) is 7.26. The third-order valence-electron chi connectivity index (χ3n) is 5.66. The number of hydrogen-bond donors (Lipinski definition) is 0. The minimum absolute atomic E-state index is 0.0958. The number of benzene rings is 1. The van der Waals surface area contributed by atoms with Gasteiger partial charge in [0, 0.05) is 30.3 Å². The summed E-state index contributed by atoms with van der Waals surface area (Å²) < 4.78 is 8.75. The highest BCUT2D eigenvalue weighted by molar-refractivity contribution is 9.10. The molecule has 2 aliphatic heterocycles. The van der Waals surface area contributed by atoms with Gasteiger partial charge in [0.1, 0.15) is 0 Å². The third kappa shape index (κ3) is 3.14. The van der Waals surface area contributed by atoms with Crippen LogP contribution in [-0.4, -0.2) is 34.6 Å². The van der Waals surface area contributed by atoms with E-state index in [2.05, 4.69) is 52.2 Å². The minimum atomic E-state index is -0.0958. The average molecular weight is 452 g/mol. The van der Waals surface area contributed by atoms with E-state index in [1.54, 1.807) is 0 Å². The van der Waals surface area contributed by atoms with Gasteiger partial charge < -0.3 is 14.2 Å². The van der Waals surface area contributed by atoms with Crippen molar-refractivity contribution in [2.75, 3.05) is 13.2 Å². The molecule has 0 bridgehead atoms. The molecular weight excluding hydrogens is 428 g/mol. The first-order chi connectivity index (χ1) is 12.9. The van der Waals surface area contributed by atoms with Gasteiger partial charge in [-0.25, -0.2) is 0 Å². The normalized spacial score (nSPS) is 20.6. The zero-order valence-electron chi connectivity index (χ0n) is 15.8. The Balaban J connectivity index is 1.91. The maximum atomic E-state index is 13.5. The van der Waals surface area contributed by atoms with Crippen molar-refractivity contribution in [1.29, 1.82) is 0 Å². The number of fused-ring (bicyclic) bond motifs is 1. The van der Waals surface area contributed by atoms with E-state index in [-0.39, 0.29) is 24.0 Å². The van der Waals surface area contributed by atoms with Gasteiger partial charge in [0.15, 0.2) is 0 Å². The van der Waals surface area contributed by atoms with Crippen LogP contribution < -0.4 is 0 Å². The van der Waals surface area contributed by atoms with Crippen molar-refractivity contribution in [2.45, 2.75) is 51.7 Å². The monoisotopic (exact) mass is 450 g/mol.